The Morgan fingerprint density at radius 3 is 2.56 bits per heavy atom. The minimum Gasteiger partial charge on any atom is -0.447 e. The van der Waals surface area contributed by atoms with Crippen molar-refractivity contribution in [2.45, 2.75) is 16.5 Å². The minimum absolute atomic E-state index is 0.0273. The summed E-state index contributed by atoms with van der Waals surface area (Å²) in [6.07, 6.45) is 4.19. The predicted octanol–water partition coefficient (Wildman–Crippen LogP) is 2.22. The predicted molar refractivity (Wildman–Crippen MR) is 88.5 cm³/mol. The molecule has 0 saturated heterocycles. The van der Waals surface area contributed by atoms with Gasteiger partial charge in [-0.2, -0.15) is 0 Å². The average Bonchev–Trinajstić information content (AvgIpc) is 3.15. The zero-order chi connectivity index (χ0) is 17.7. The zero-order valence-electron chi connectivity index (χ0n) is 12.9. The highest BCUT2D eigenvalue weighted by molar-refractivity contribution is 7.91. The van der Waals surface area contributed by atoms with Gasteiger partial charge in [-0.05, 0) is 36.4 Å². The van der Waals surface area contributed by atoms with Gasteiger partial charge in [-0.1, -0.05) is 6.07 Å². The topological polar surface area (TPSA) is 114 Å². The second-order valence-corrected chi connectivity index (χ2v) is 6.87. The number of sulfone groups is 1. The molecule has 2 heterocycles. The summed E-state index contributed by atoms with van der Waals surface area (Å²) >= 11 is 0. The summed E-state index contributed by atoms with van der Waals surface area (Å²) in [5.41, 5.74) is 0.454. The molecule has 3 rings (SSSR count). The second kappa shape index (κ2) is 7.14. The van der Waals surface area contributed by atoms with Crippen molar-refractivity contribution in [3.05, 3.63) is 67.0 Å². The first-order valence-electron chi connectivity index (χ1n) is 7.24. The van der Waals surface area contributed by atoms with Crippen LogP contribution in [0.4, 0.5) is 10.5 Å². The van der Waals surface area contributed by atoms with Crippen molar-refractivity contribution in [1.29, 1.82) is 0 Å². The van der Waals surface area contributed by atoms with Crippen LogP contribution in [0, 0.1) is 0 Å². The number of benzene rings is 1. The zero-order valence-corrected chi connectivity index (χ0v) is 13.7. The number of nitrogens with one attached hydrogen (secondary N) is 2. The highest BCUT2D eigenvalue weighted by Crippen LogP contribution is 2.20. The van der Waals surface area contributed by atoms with Crippen LogP contribution in [0.25, 0.3) is 0 Å². The number of pyridine rings is 1. The number of carbonyl (C=O) groups is 1. The van der Waals surface area contributed by atoms with Crippen LogP contribution in [-0.4, -0.2) is 24.4 Å². The second-order valence-electron chi connectivity index (χ2n) is 4.97. The van der Waals surface area contributed by atoms with Crippen LogP contribution < -0.4 is 10.6 Å². The quantitative estimate of drug-likeness (QED) is 0.723. The van der Waals surface area contributed by atoms with Crippen LogP contribution in [0.5, 0.6) is 0 Å². The van der Waals surface area contributed by atoms with Gasteiger partial charge in [0.1, 0.15) is 5.76 Å². The maximum atomic E-state index is 12.4. The molecule has 0 aliphatic carbocycles. The van der Waals surface area contributed by atoms with Gasteiger partial charge in [0.05, 0.1) is 17.6 Å². The number of carbonyl (C=O) groups excluding carboxylic acids is 1. The molecule has 128 valence electrons. The molecule has 2 aromatic heterocycles. The van der Waals surface area contributed by atoms with Crippen LogP contribution in [-0.2, 0) is 16.4 Å². The fourth-order valence-corrected chi connectivity index (χ4v) is 3.21. The normalized spacial score (nSPS) is 11.0. The fourth-order valence-electron chi connectivity index (χ4n) is 2.02. The van der Waals surface area contributed by atoms with Gasteiger partial charge in [0.25, 0.3) is 0 Å². The van der Waals surface area contributed by atoms with Crippen LogP contribution >= 0.6 is 0 Å². The molecule has 0 saturated carbocycles. The Labute approximate surface area is 143 Å². The molecule has 3 aromatic rings. The Morgan fingerprint density at radius 1 is 1.12 bits per heavy atom. The Bertz CT molecular complexity index is 940. The molecular weight excluding hydrogens is 344 g/mol. The molecule has 9 heteroatoms. The van der Waals surface area contributed by atoms with Crippen molar-refractivity contribution in [2.24, 2.45) is 0 Å². The maximum absolute atomic E-state index is 12.4. The van der Waals surface area contributed by atoms with Crippen molar-refractivity contribution in [3.63, 3.8) is 0 Å². The van der Waals surface area contributed by atoms with E-state index < -0.39 is 15.9 Å². The van der Waals surface area contributed by atoms with Gasteiger partial charge >= 0.3 is 6.03 Å². The summed E-state index contributed by atoms with van der Waals surface area (Å²) < 4.78 is 29.8. The molecule has 0 radical (unpaired) electrons. The minimum atomic E-state index is -3.68. The van der Waals surface area contributed by atoms with E-state index in [1.165, 1.54) is 49.1 Å². The molecule has 2 amide bonds. The SMILES string of the molecule is O=C(NCc1cnco1)Nc1ccc(S(=O)(=O)c2ccccn2)cc1. The molecule has 0 aliphatic heterocycles. The third-order valence-corrected chi connectivity index (χ3v) is 4.93. The van der Waals surface area contributed by atoms with Crippen molar-refractivity contribution in [1.82, 2.24) is 15.3 Å². The van der Waals surface area contributed by atoms with Crippen molar-refractivity contribution < 1.29 is 17.6 Å². The number of nitrogens with zero attached hydrogens (tertiary/aromatic N) is 2. The van der Waals surface area contributed by atoms with E-state index in [0.29, 0.717) is 11.4 Å². The molecule has 2 N–H and O–H groups in total. The summed E-state index contributed by atoms with van der Waals surface area (Å²) in [4.78, 5) is 19.5. The van der Waals surface area contributed by atoms with Crippen LogP contribution in [0.15, 0.2) is 75.6 Å². The monoisotopic (exact) mass is 358 g/mol. The molecule has 0 fully saturated rings. The van der Waals surface area contributed by atoms with Crippen LogP contribution in [0.3, 0.4) is 0 Å². The molecule has 25 heavy (non-hydrogen) atoms. The number of rotatable bonds is 5. The van der Waals surface area contributed by atoms with Crippen molar-refractivity contribution in [3.8, 4) is 0 Å². The lowest BCUT2D eigenvalue weighted by Crippen LogP contribution is -2.28. The highest BCUT2D eigenvalue weighted by atomic mass is 32.2. The van der Waals surface area contributed by atoms with E-state index in [0.717, 1.165) is 0 Å². The van der Waals surface area contributed by atoms with Gasteiger partial charge in [-0.15, -0.1) is 0 Å². The first-order valence-corrected chi connectivity index (χ1v) is 8.72. The largest absolute Gasteiger partial charge is 0.447 e. The first-order chi connectivity index (χ1) is 12.1. The standard InChI is InChI=1S/C16H14N4O4S/c21-16(19-10-13-9-17-11-24-13)20-12-4-6-14(7-5-12)25(22,23)15-3-1-2-8-18-15/h1-9,11H,10H2,(H2,19,20,21). The highest BCUT2D eigenvalue weighted by Gasteiger charge is 2.18. The van der Waals surface area contributed by atoms with Crippen molar-refractivity contribution in [2.75, 3.05) is 5.32 Å². The van der Waals surface area contributed by atoms with Crippen LogP contribution in [0.1, 0.15) is 5.76 Å². The Hall–Kier alpha value is -3.20. The smallest absolute Gasteiger partial charge is 0.319 e. The van der Waals surface area contributed by atoms with Gasteiger partial charge in [0.2, 0.25) is 9.84 Å². The summed E-state index contributed by atoms with van der Waals surface area (Å²) in [6.45, 7) is 0.192. The van der Waals surface area contributed by atoms with E-state index in [-0.39, 0.29) is 16.5 Å². The van der Waals surface area contributed by atoms with E-state index in [1.807, 2.05) is 0 Å². The number of oxazole rings is 1. The number of anilines is 1. The van der Waals surface area contributed by atoms with Gasteiger partial charge in [0, 0.05) is 11.9 Å². The summed E-state index contributed by atoms with van der Waals surface area (Å²) in [7, 11) is -3.68. The Balaban J connectivity index is 1.65. The summed E-state index contributed by atoms with van der Waals surface area (Å²) in [5, 5.41) is 5.17. The molecule has 8 nitrogen and oxygen atoms in total. The molecule has 0 spiro atoms. The third-order valence-electron chi connectivity index (χ3n) is 3.24. The third kappa shape index (κ3) is 4.01. The van der Waals surface area contributed by atoms with E-state index in [1.54, 1.807) is 12.1 Å². The lowest BCUT2D eigenvalue weighted by Gasteiger charge is -2.08. The number of amides is 2. The Morgan fingerprint density at radius 2 is 1.92 bits per heavy atom. The van der Waals surface area contributed by atoms with Crippen LogP contribution in [0.2, 0.25) is 0 Å². The first kappa shape index (κ1) is 16.7. The fraction of sp³-hybridized carbons (Fsp3) is 0.0625. The summed E-state index contributed by atoms with van der Waals surface area (Å²) in [5.74, 6) is 0.520. The van der Waals surface area contributed by atoms with E-state index in [4.69, 9.17) is 4.42 Å². The average molecular weight is 358 g/mol. The van der Waals surface area contributed by atoms with Gasteiger partial charge in [0.15, 0.2) is 11.4 Å². The van der Waals surface area contributed by atoms with E-state index in [9.17, 15) is 13.2 Å². The molecule has 0 unspecified atom stereocenters. The Kier molecular flexibility index (Phi) is 4.75. The number of aromatic nitrogens is 2. The maximum Gasteiger partial charge on any atom is 0.319 e. The van der Waals surface area contributed by atoms with E-state index >= 15 is 0 Å². The van der Waals surface area contributed by atoms with E-state index in [2.05, 4.69) is 20.6 Å². The molecule has 0 atom stereocenters. The number of hydrogen-bond donors (Lipinski definition) is 2. The number of hydrogen-bond acceptors (Lipinski definition) is 6. The molecule has 0 aliphatic rings. The molecular formula is C16H14N4O4S. The van der Waals surface area contributed by atoms with Crippen molar-refractivity contribution >= 4 is 21.6 Å². The number of urea groups is 1. The van der Waals surface area contributed by atoms with Gasteiger partial charge in [-0.25, -0.2) is 23.2 Å². The molecule has 0 bridgehead atoms. The van der Waals surface area contributed by atoms with Gasteiger partial charge in [-0.3, -0.25) is 0 Å². The lowest BCUT2D eigenvalue weighted by molar-refractivity contribution is 0.251. The lowest BCUT2D eigenvalue weighted by atomic mass is 10.3. The molecule has 1 aromatic carbocycles. The van der Waals surface area contributed by atoms with Gasteiger partial charge < -0.3 is 15.1 Å². The summed E-state index contributed by atoms with van der Waals surface area (Å²) in [6, 6.07) is 10.1.